The molecule has 3 aromatic rings. The molecule has 1 heterocycles. The van der Waals surface area contributed by atoms with E-state index in [-0.39, 0.29) is 18.4 Å². The van der Waals surface area contributed by atoms with Crippen molar-refractivity contribution in [1.29, 1.82) is 0 Å². The molecule has 1 aliphatic heterocycles. The molecule has 3 aromatic carbocycles. The van der Waals surface area contributed by atoms with Gasteiger partial charge in [-0.05, 0) is 54.2 Å². The highest BCUT2D eigenvalue weighted by Gasteiger charge is 2.55. The largest absolute Gasteiger partial charge is 0.489 e. The van der Waals surface area contributed by atoms with E-state index < -0.39 is 11.6 Å². The lowest BCUT2D eigenvalue weighted by Gasteiger charge is -2.25. The Kier molecular flexibility index (Phi) is 6.46. The highest BCUT2D eigenvalue weighted by Crippen LogP contribution is 2.41. The van der Waals surface area contributed by atoms with E-state index >= 15 is 0 Å². The van der Waals surface area contributed by atoms with Crippen LogP contribution in [-0.4, -0.2) is 40.7 Å². The number of benzene rings is 3. The Morgan fingerprint density at radius 3 is 2.44 bits per heavy atom. The maximum atomic E-state index is 13.4. The number of urea groups is 1. The summed E-state index contributed by atoms with van der Waals surface area (Å²) < 4.78 is 5.84. The molecule has 7 heteroatoms. The number of hydrogen-bond donors (Lipinski definition) is 1. The van der Waals surface area contributed by atoms with Crippen LogP contribution >= 0.6 is 0 Å². The van der Waals surface area contributed by atoms with E-state index in [4.69, 9.17) is 4.74 Å². The van der Waals surface area contributed by atoms with Gasteiger partial charge >= 0.3 is 6.03 Å². The number of nitrogens with one attached hydrogen (secondary N) is 1. The standard InChI is InChI=1S/C29H29N3O4/c1-2-31(18-21-12-14-24(15-13-21)36-20-22-8-4-3-5-9-22)26(33)19-32-27(34)29(30-28(32)35)17-16-23-10-6-7-11-25(23)29/h3-15H,2,16-20H2,1H3,(H,30,35). The van der Waals surface area contributed by atoms with Crippen LogP contribution in [-0.2, 0) is 34.7 Å². The van der Waals surface area contributed by atoms with Gasteiger partial charge in [0.05, 0.1) is 0 Å². The molecule has 184 valence electrons. The molecular weight excluding hydrogens is 454 g/mol. The molecule has 5 rings (SSSR count). The van der Waals surface area contributed by atoms with Crippen molar-refractivity contribution in [3.05, 3.63) is 101 Å². The van der Waals surface area contributed by atoms with Crippen LogP contribution in [0.15, 0.2) is 78.9 Å². The molecule has 1 N–H and O–H groups in total. The van der Waals surface area contributed by atoms with E-state index in [0.717, 1.165) is 39.3 Å². The number of likely N-dealkylation sites (N-methyl/N-ethyl adjacent to an activating group) is 1. The summed E-state index contributed by atoms with van der Waals surface area (Å²) in [5, 5.41) is 2.88. The second kappa shape index (κ2) is 9.85. The molecule has 0 bridgehead atoms. The Hall–Kier alpha value is -4.13. The summed E-state index contributed by atoms with van der Waals surface area (Å²) >= 11 is 0. The Labute approximate surface area is 210 Å². The topological polar surface area (TPSA) is 79.0 Å². The van der Waals surface area contributed by atoms with Crippen LogP contribution in [0.3, 0.4) is 0 Å². The van der Waals surface area contributed by atoms with Crippen LogP contribution in [0.2, 0.25) is 0 Å². The Balaban J connectivity index is 1.21. The second-order valence-electron chi connectivity index (χ2n) is 9.21. The number of aryl methyl sites for hydroxylation is 1. The molecule has 0 radical (unpaired) electrons. The lowest BCUT2D eigenvalue weighted by Crippen LogP contribution is -2.44. The highest BCUT2D eigenvalue weighted by atomic mass is 16.5. The number of ether oxygens (including phenoxy) is 1. The molecule has 1 fully saturated rings. The minimum Gasteiger partial charge on any atom is -0.489 e. The van der Waals surface area contributed by atoms with Gasteiger partial charge in [-0.1, -0.05) is 66.7 Å². The quantitative estimate of drug-likeness (QED) is 0.491. The number of carbonyl (C=O) groups is 3. The summed E-state index contributed by atoms with van der Waals surface area (Å²) in [7, 11) is 0. The molecule has 1 aliphatic carbocycles. The fourth-order valence-electron chi connectivity index (χ4n) is 5.00. The molecule has 0 aromatic heterocycles. The summed E-state index contributed by atoms with van der Waals surface area (Å²) in [5.74, 6) is 0.133. The molecule has 1 atom stereocenters. The van der Waals surface area contributed by atoms with Crippen molar-refractivity contribution in [2.75, 3.05) is 13.1 Å². The molecule has 4 amide bonds. The summed E-state index contributed by atoms with van der Waals surface area (Å²) in [6.45, 7) is 2.93. The zero-order valence-corrected chi connectivity index (χ0v) is 20.3. The van der Waals surface area contributed by atoms with Gasteiger partial charge in [0, 0.05) is 13.1 Å². The summed E-state index contributed by atoms with van der Waals surface area (Å²) in [5.41, 5.74) is 2.87. The van der Waals surface area contributed by atoms with Gasteiger partial charge in [0.15, 0.2) is 0 Å². The highest BCUT2D eigenvalue weighted by molar-refractivity contribution is 6.09. The fraction of sp³-hybridized carbons (Fsp3) is 0.276. The normalized spacial score (nSPS) is 18.3. The van der Waals surface area contributed by atoms with Gasteiger partial charge in [-0.25, -0.2) is 4.79 Å². The number of fused-ring (bicyclic) bond motifs is 2. The lowest BCUT2D eigenvalue weighted by molar-refractivity contribution is -0.139. The SMILES string of the molecule is CCN(Cc1ccc(OCc2ccccc2)cc1)C(=O)CN1C(=O)NC2(CCc3ccccc32)C1=O. The minimum atomic E-state index is -1.05. The maximum absolute atomic E-state index is 13.4. The first-order valence-electron chi connectivity index (χ1n) is 12.3. The van der Waals surface area contributed by atoms with Crippen molar-refractivity contribution in [1.82, 2.24) is 15.1 Å². The number of hydrogen-bond acceptors (Lipinski definition) is 4. The van der Waals surface area contributed by atoms with Crippen LogP contribution in [0.5, 0.6) is 5.75 Å². The lowest BCUT2D eigenvalue weighted by atomic mass is 9.92. The number of nitrogens with zero attached hydrogens (tertiary/aromatic N) is 2. The van der Waals surface area contributed by atoms with Gasteiger partial charge in [-0.15, -0.1) is 0 Å². The van der Waals surface area contributed by atoms with Gasteiger partial charge in [0.2, 0.25) is 5.91 Å². The second-order valence-corrected chi connectivity index (χ2v) is 9.21. The Morgan fingerprint density at radius 2 is 1.69 bits per heavy atom. The van der Waals surface area contributed by atoms with E-state index in [0.29, 0.717) is 26.1 Å². The zero-order chi connectivity index (χ0) is 25.1. The predicted octanol–water partition coefficient (Wildman–Crippen LogP) is 4.01. The first kappa shape index (κ1) is 23.6. The van der Waals surface area contributed by atoms with Gasteiger partial charge < -0.3 is 15.0 Å². The van der Waals surface area contributed by atoms with Gasteiger partial charge in [0.1, 0.15) is 24.4 Å². The van der Waals surface area contributed by atoms with Crippen molar-refractivity contribution in [3.8, 4) is 5.75 Å². The van der Waals surface area contributed by atoms with E-state index in [1.165, 1.54) is 0 Å². The summed E-state index contributed by atoms with van der Waals surface area (Å²) in [6.07, 6.45) is 1.23. The monoisotopic (exact) mass is 483 g/mol. The van der Waals surface area contributed by atoms with Crippen molar-refractivity contribution in [2.24, 2.45) is 0 Å². The molecule has 0 saturated carbocycles. The first-order chi connectivity index (χ1) is 17.5. The molecule has 1 saturated heterocycles. The third-order valence-corrected chi connectivity index (χ3v) is 7.00. The third-order valence-electron chi connectivity index (χ3n) is 7.00. The van der Waals surface area contributed by atoms with E-state index in [9.17, 15) is 14.4 Å². The van der Waals surface area contributed by atoms with E-state index in [2.05, 4.69) is 5.32 Å². The molecule has 36 heavy (non-hydrogen) atoms. The van der Waals surface area contributed by atoms with Crippen molar-refractivity contribution >= 4 is 17.8 Å². The smallest absolute Gasteiger partial charge is 0.325 e. The average molecular weight is 484 g/mol. The van der Waals surface area contributed by atoms with Crippen LogP contribution in [0, 0.1) is 0 Å². The maximum Gasteiger partial charge on any atom is 0.325 e. The van der Waals surface area contributed by atoms with Gasteiger partial charge in [0.25, 0.3) is 5.91 Å². The number of carbonyl (C=O) groups excluding carboxylic acids is 3. The predicted molar refractivity (Wildman–Crippen MR) is 135 cm³/mol. The Bertz CT molecular complexity index is 1280. The molecular formula is C29H29N3O4. The van der Waals surface area contributed by atoms with Crippen LogP contribution < -0.4 is 10.1 Å². The number of imide groups is 1. The van der Waals surface area contributed by atoms with Crippen molar-refractivity contribution in [2.45, 2.75) is 38.5 Å². The molecule has 1 unspecified atom stereocenters. The first-order valence-corrected chi connectivity index (χ1v) is 12.3. The van der Waals surface area contributed by atoms with Gasteiger partial charge in [-0.2, -0.15) is 0 Å². The number of amides is 4. The molecule has 1 spiro atoms. The van der Waals surface area contributed by atoms with Gasteiger partial charge in [-0.3, -0.25) is 14.5 Å². The zero-order valence-electron chi connectivity index (χ0n) is 20.3. The van der Waals surface area contributed by atoms with Crippen LogP contribution in [0.1, 0.15) is 35.6 Å². The van der Waals surface area contributed by atoms with Crippen molar-refractivity contribution in [3.63, 3.8) is 0 Å². The van der Waals surface area contributed by atoms with Crippen LogP contribution in [0.25, 0.3) is 0 Å². The Morgan fingerprint density at radius 1 is 0.972 bits per heavy atom. The van der Waals surface area contributed by atoms with E-state index in [1.54, 1.807) is 4.90 Å². The summed E-state index contributed by atoms with van der Waals surface area (Å²) in [6, 6.07) is 24.7. The third kappa shape index (κ3) is 4.44. The molecule has 2 aliphatic rings. The minimum absolute atomic E-state index is 0.270. The number of rotatable bonds is 8. The summed E-state index contributed by atoms with van der Waals surface area (Å²) in [4.78, 5) is 42.0. The van der Waals surface area contributed by atoms with E-state index in [1.807, 2.05) is 85.8 Å². The molecule has 7 nitrogen and oxygen atoms in total. The fourth-order valence-corrected chi connectivity index (χ4v) is 5.00. The van der Waals surface area contributed by atoms with Crippen molar-refractivity contribution < 1.29 is 19.1 Å². The average Bonchev–Trinajstić information content (AvgIpc) is 3.40. The van der Waals surface area contributed by atoms with Crippen LogP contribution in [0.4, 0.5) is 4.79 Å².